The highest BCUT2D eigenvalue weighted by Gasteiger charge is 2.31. The van der Waals surface area contributed by atoms with Crippen molar-refractivity contribution in [3.05, 3.63) is 59.2 Å². The average Bonchev–Trinajstić information content (AvgIpc) is 2.79. The summed E-state index contributed by atoms with van der Waals surface area (Å²) in [6.07, 6.45) is 0.810. The van der Waals surface area contributed by atoms with Crippen molar-refractivity contribution in [3.63, 3.8) is 0 Å². The van der Waals surface area contributed by atoms with E-state index in [0.29, 0.717) is 4.90 Å². The molecule has 0 aromatic heterocycles. The minimum Gasteiger partial charge on any atom is -0.497 e. The van der Waals surface area contributed by atoms with E-state index in [4.69, 9.17) is 10.5 Å². The van der Waals surface area contributed by atoms with E-state index in [-0.39, 0.29) is 11.3 Å². The second-order valence-corrected chi connectivity index (χ2v) is 6.34. The Morgan fingerprint density at radius 2 is 1.95 bits per heavy atom. The van der Waals surface area contributed by atoms with E-state index in [2.05, 4.69) is 0 Å². The van der Waals surface area contributed by atoms with Gasteiger partial charge in [0.2, 0.25) is 0 Å². The van der Waals surface area contributed by atoms with Crippen LogP contribution in [0.3, 0.4) is 0 Å². The van der Waals surface area contributed by atoms with Crippen molar-refractivity contribution in [1.82, 2.24) is 0 Å². The van der Waals surface area contributed by atoms with E-state index in [9.17, 15) is 8.78 Å². The lowest BCUT2D eigenvalue weighted by Gasteiger charge is -2.15. The molecule has 0 amide bonds. The summed E-state index contributed by atoms with van der Waals surface area (Å²) < 4.78 is 31.5. The first-order valence-corrected chi connectivity index (χ1v) is 7.50. The minimum atomic E-state index is -0.830. The van der Waals surface area contributed by atoms with Gasteiger partial charge in [0.25, 0.3) is 0 Å². The van der Waals surface area contributed by atoms with Crippen LogP contribution in [0.5, 0.6) is 5.75 Å². The summed E-state index contributed by atoms with van der Waals surface area (Å²) in [7, 11) is 1.62. The van der Waals surface area contributed by atoms with Crippen LogP contribution in [0, 0.1) is 11.6 Å². The predicted octanol–water partition coefficient (Wildman–Crippen LogP) is 3.69. The molecule has 0 fully saturated rings. The summed E-state index contributed by atoms with van der Waals surface area (Å²) in [5, 5.41) is 0.108. The first-order valence-electron chi connectivity index (χ1n) is 6.62. The fraction of sp³-hybridized carbons (Fsp3) is 0.250. The van der Waals surface area contributed by atoms with Crippen molar-refractivity contribution in [2.45, 2.75) is 22.6 Å². The molecule has 2 unspecified atom stereocenters. The fourth-order valence-corrected chi connectivity index (χ4v) is 3.80. The lowest BCUT2D eigenvalue weighted by Crippen LogP contribution is -2.18. The average molecular weight is 307 g/mol. The number of hydrogen-bond acceptors (Lipinski definition) is 3. The van der Waals surface area contributed by atoms with Crippen LogP contribution >= 0.6 is 11.8 Å². The monoisotopic (exact) mass is 307 g/mol. The molecule has 21 heavy (non-hydrogen) atoms. The standard InChI is InChI=1S/C16H15F2NOS/c1-20-10-3-2-9-6-15(16(19)12(9)7-10)21-11-4-5-13(17)14(18)8-11/h2-5,7-8,15-16H,6,19H2,1H3. The van der Waals surface area contributed by atoms with E-state index in [1.165, 1.54) is 23.4 Å². The number of methoxy groups -OCH3 is 1. The van der Waals surface area contributed by atoms with Gasteiger partial charge in [-0.3, -0.25) is 0 Å². The molecule has 1 aliphatic rings. The number of rotatable bonds is 3. The maximum atomic E-state index is 13.3. The number of benzene rings is 2. The molecule has 110 valence electrons. The summed E-state index contributed by atoms with van der Waals surface area (Å²) in [4.78, 5) is 0.689. The van der Waals surface area contributed by atoms with Crippen LogP contribution < -0.4 is 10.5 Å². The molecule has 0 spiro atoms. The molecule has 0 bridgehead atoms. The highest BCUT2D eigenvalue weighted by Crippen LogP contribution is 2.41. The Bertz CT molecular complexity index is 677. The smallest absolute Gasteiger partial charge is 0.159 e. The van der Waals surface area contributed by atoms with E-state index >= 15 is 0 Å². The topological polar surface area (TPSA) is 35.2 Å². The number of nitrogens with two attached hydrogens (primary N) is 1. The molecular formula is C16H15F2NOS. The van der Waals surface area contributed by atoms with Crippen LogP contribution in [0.1, 0.15) is 17.2 Å². The van der Waals surface area contributed by atoms with Crippen LogP contribution in [-0.2, 0) is 6.42 Å². The van der Waals surface area contributed by atoms with Crippen LogP contribution in [0.2, 0.25) is 0 Å². The number of fused-ring (bicyclic) bond motifs is 1. The third kappa shape index (κ3) is 2.76. The summed E-state index contributed by atoms with van der Waals surface area (Å²) in [6, 6.07) is 9.68. The van der Waals surface area contributed by atoms with Crippen molar-refractivity contribution in [2.24, 2.45) is 5.73 Å². The van der Waals surface area contributed by atoms with Crippen molar-refractivity contribution < 1.29 is 13.5 Å². The molecule has 0 saturated carbocycles. The summed E-state index contributed by atoms with van der Waals surface area (Å²) in [6.45, 7) is 0. The van der Waals surface area contributed by atoms with Gasteiger partial charge < -0.3 is 10.5 Å². The first kappa shape index (κ1) is 14.4. The van der Waals surface area contributed by atoms with Gasteiger partial charge in [-0.1, -0.05) is 6.07 Å². The van der Waals surface area contributed by atoms with E-state index in [0.717, 1.165) is 23.8 Å². The molecule has 0 heterocycles. The molecule has 2 aromatic rings. The van der Waals surface area contributed by atoms with Gasteiger partial charge in [-0.05, 0) is 47.9 Å². The summed E-state index contributed by atoms with van der Waals surface area (Å²) in [5.74, 6) is -0.878. The molecule has 0 aliphatic heterocycles. The maximum Gasteiger partial charge on any atom is 0.159 e. The van der Waals surface area contributed by atoms with Gasteiger partial charge in [-0.2, -0.15) is 0 Å². The molecule has 2 aromatic carbocycles. The SMILES string of the molecule is COc1ccc2c(c1)C(N)C(Sc1ccc(F)c(F)c1)C2. The fourth-order valence-electron chi connectivity index (χ4n) is 2.58. The van der Waals surface area contributed by atoms with Gasteiger partial charge in [-0.25, -0.2) is 8.78 Å². The van der Waals surface area contributed by atoms with Gasteiger partial charge in [-0.15, -0.1) is 11.8 Å². The molecule has 1 aliphatic carbocycles. The Morgan fingerprint density at radius 3 is 2.67 bits per heavy atom. The molecule has 2 nitrogen and oxygen atoms in total. The Hall–Kier alpha value is -1.59. The van der Waals surface area contributed by atoms with E-state index < -0.39 is 11.6 Å². The van der Waals surface area contributed by atoms with Crippen LogP contribution in [0.4, 0.5) is 8.78 Å². The second-order valence-electron chi connectivity index (χ2n) is 5.03. The van der Waals surface area contributed by atoms with E-state index in [1.807, 2.05) is 18.2 Å². The second kappa shape index (κ2) is 5.66. The number of halogens is 2. The van der Waals surface area contributed by atoms with Crippen LogP contribution in [-0.4, -0.2) is 12.4 Å². The van der Waals surface area contributed by atoms with E-state index in [1.54, 1.807) is 13.2 Å². The van der Waals surface area contributed by atoms with Crippen molar-refractivity contribution in [2.75, 3.05) is 7.11 Å². The third-order valence-corrected chi connectivity index (χ3v) is 5.00. The molecule has 2 atom stereocenters. The highest BCUT2D eigenvalue weighted by atomic mass is 32.2. The first-order chi connectivity index (χ1) is 10.1. The lowest BCUT2D eigenvalue weighted by molar-refractivity contribution is 0.414. The Labute approximate surface area is 126 Å². The van der Waals surface area contributed by atoms with Crippen molar-refractivity contribution >= 4 is 11.8 Å². The maximum absolute atomic E-state index is 13.3. The minimum absolute atomic E-state index is 0.108. The van der Waals surface area contributed by atoms with Crippen LogP contribution in [0.25, 0.3) is 0 Å². The molecular weight excluding hydrogens is 292 g/mol. The van der Waals surface area contributed by atoms with Crippen LogP contribution in [0.15, 0.2) is 41.3 Å². The highest BCUT2D eigenvalue weighted by molar-refractivity contribution is 8.00. The molecule has 5 heteroatoms. The molecule has 0 radical (unpaired) electrons. The quantitative estimate of drug-likeness (QED) is 0.939. The van der Waals surface area contributed by atoms with Crippen molar-refractivity contribution in [3.8, 4) is 5.75 Å². The Morgan fingerprint density at radius 1 is 1.14 bits per heavy atom. The summed E-state index contributed by atoms with van der Waals surface area (Å²) in [5.41, 5.74) is 8.53. The zero-order valence-corrected chi connectivity index (χ0v) is 12.3. The van der Waals surface area contributed by atoms with Gasteiger partial charge in [0.15, 0.2) is 11.6 Å². The Balaban J connectivity index is 1.81. The van der Waals surface area contributed by atoms with Gasteiger partial charge in [0, 0.05) is 16.2 Å². The summed E-state index contributed by atoms with van der Waals surface area (Å²) >= 11 is 1.48. The number of hydrogen-bond donors (Lipinski definition) is 1. The molecule has 2 N–H and O–H groups in total. The largest absolute Gasteiger partial charge is 0.497 e. The third-order valence-electron chi connectivity index (χ3n) is 3.71. The molecule has 0 saturated heterocycles. The number of ether oxygens (including phenoxy) is 1. The Kier molecular flexibility index (Phi) is 3.87. The number of thioether (sulfide) groups is 1. The van der Waals surface area contributed by atoms with Gasteiger partial charge in [0.05, 0.1) is 7.11 Å². The lowest BCUT2D eigenvalue weighted by atomic mass is 10.1. The molecule has 3 rings (SSSR count). The zero-order valence-electron chi connectivity index (χ0n) is 11.5. The van der Waals surface area contributed by atoms with Crippen molar-refractivity contribution in [1.29, 1.82) is 0 Å². The van der Waals surface area contributed by atoms with Gasteiger partial charge in [0.1, 0.15) is 5.75 Å². The normalized spacial score (nSPS) is 20.4. The van der Waals surface area contributed by atoms with Gasteiger partial charge >= 0.3 is 0 Å². The zero-order chi connectivity index (χ0) is 15.0. The predicted molar refractivity (Wildman–Crippen MR) is 79.6 cm³/mol.